The number of benzene rings is 2. The van der Waals surface area contributed by atoms with Crippen LogP contribution >= 0.6 is 0 Å². The van der Waals surface area contributed by atoms with Crippen molar-refractivity contribution in [2.75, 3.05) is 44.3 Å². The molecule has 2 N–H and O–H groups in total. The Kier molecular flexibility index (Phi) is 6.97. The molecule has 0 bridgehead atoms. The summed E-state index contributed by atoms with van der Waals surface area (Å²) < 4.78 is 44.2. The molecule has 7 nitrogen and oxygen atoms in total. The Morgan fingerprint density at radius 1 is 0.971 bits per heavy atom. The van der Waals surface area contributed by atoms with Gasteiger partial charge in [0.15, 0.2) is 0 Å². The molecule has 0 saturated carbocycles. The van der Waals surface area contributed by atoms with Gasteiger partial charge in [-0.2, -0.15) is 13.2 Å². The SMILES string of the molecule is O=C(N[C@@H]1CCN(C(=O)O)C[C@H]1c1ccc(C(F)(F)F)cc1)c1ccc(N2CCOCC2)cc1. The summed E-state index contributed by atoms with van der Waals surface area (Å²) in [6.45, 7) is 3.19. The van der Waals surface area contributed by atoms with Crippen molar-refractivity contribution in [2.45, 2.75) is 24.6 Å². The molecular formula is C24H26F3N3O4. The van der Waals surface area contributed by atoms with Crippen LogP contribution in [0, 0.1) is 0 Å². The van der Waals surface area contributed by atoms with Crippen molar-refractivity contribution < 1.29 is 32.6 Å². The van der Waals surface area contributed by atoms with Crippen LogP contribution in [0.25, 0.3) is 0 Å². The maximum Gasteiger partial charge on any atom is 0.416 e. The van der Waals surface area contributed by atoms with E-state index in [0.717, 1.165) is 30.9 Å². The molecule has 2 atom stereocenters. The summed E-state index contributed by atoms with van der Waals surface area (Å²) in [5, 5.41) is 12.4. The molecule has 2 aliphatic heterocycles. The van der Waals surface area contributed by atoms with E-state index in [-0.39, 0.29) is 19.0 Å². The number of carbonyl (C=O) groups excluding carboxylic acids is 1. The minimum atomic E-state index is -4.46. The highest BCUT2D eigenvalue weighted by Gasteiger charge is 2.35. The van der Waals surface area contributed by atoms with Crippen LogP contribution in [-0.2, 0) is 10.9 Å². The normalized spacial score (nSPS) is 21.3. The molecule has 10 heteroatoms. The van der Waals surface area contributed by atoms with Crippen molar-refractivity contribution in [3.63, 3.8) is 0 Å². The fourth-order valence-electron chi connectivity index (χ4n) is 4.45. The highest BCUT2D eigenvalue weighted by atomic mass is 19.4. The van der Waals surface area contributed by atoms with E-state index >= 15 is 0 Å². The van der Waals surface area contributed by atoms with Gasteiger partial charge < -0.3 is 25.0 Å². The molecule has 2 amide bonds. The van der Waals surface area contributed by atoms with Crippen LogP contribution in [0.5, 0.6) is 0 Å². The Bertz CT molecular complexity index is 1010. The standard InChI is InChI=1S/C24H26F3N3O4/c25-24(26,27)18-5-1-16(2-6-18)20-15-30(23(32)33)10-9-21(20)28-22(31)17-3-7-19(8-4-17)29-11-13-34-14-12-29/h1-8,20-21H,9-15H2,(H,28,31)(H,32,33)/t20-,21+/m0/s1. The van der Waals surface area contributed by atoms with Gasteiger partial charge in [0.1, 0.15) is 0 Å². The smallest absolute Gasteiger partial charge is 0.416 e. The van der Waals surface area contributed by atoms with Crippen LogP contribution in [0.1, 0.15) is 33.8 Å². The molecule has 4 rings (SSSR count). The lowest BCUT2D eigenvalue weighted by atomic mass is 9.85. The number of hydrogen-bond acceptors (Lipinski definition) is 4. The molecule has 34 heavy (non-hydrogen) atoms. The van der Waals surface area contributed by atoms with Crippen LogP contribution in [0.3, 0.4) is 0 Å². The average Bonchev–Trinajstić information content (AvgIpc) is 2.84. The molecule has 2 heterocycles. The molecule has 0 aromatic heterocycles. The predicted octanol–water partition coefficient (Wildman–Crippen LogP) is 3.81. The topological polar surface area (TPSA) is 82.1 Å². The zero-order valence-electron chi connectivity index (χ0n) is 18.4. The maximum absolute atomic E-state index is 13.0. The van der Waals surface area contributed by atoms with E-state index in [1.165, 1.54) is 17.0 Å². The van der Waals surface area contributed by atoms with Gasteiger partial charge in [-0.05, 0) is 48.4 Å². The number of carbonyl (C=O) groups is 2. The molecule has 2 saturated heterocycles. The first-order chi connectivity index (χ1) is 16.2. The van der Waals surface area contributed by atoms with Crippen molar-refractivity contribution in [1.29, 1.82) is 0 Å². The largest absolute Gasteiger partial charge is 0.465 e. The van der Waals surface area contributed by atoms with Crippen molar-refractivity contribution in [2.24, 2.45) is 0 Å². The van der Waals surface area contributed by atoms with E-state index in [4.69, 9.17) is 4.74 Å². The van der Waals surface area contributed by atoms with Gasteiger partial charge in [-0.3, -0.25) is 4.79 Å². The Hall–Kier alpha value is -3.27. The van der Waals surface area contributed by atoms with Crippen LogP contribution < -0.4 is 10.2 Å². The first kappa shape index (κ1) is 23.9. The number of amides is 2. The number of halogens is 3. The number of anilines is 1. The number of nitrogens with zero attached hydrogens (tertiary/aromatic N) is 2. The maximum atomic E-state index is 13.0. The summed E-state index contributed by atoms with van der Waals surface area (Å²) in [5.74, 6) is -0.775. The lowest BCUT2D eigenvalue weighted by Crippen LogP contribution is -2.51. The third-order valence-electron chi connectivity index (χ3n) is 6.37. The fraction of sp³-hybridized carbons (Fsp3) is 0.417. The summed E-state index contributed by atoms with van der Waals surface area (Å²) in [4.78, 5) is 27.9. The Morgan fingerprint density at radius 3 is 2.21 bits per heavy atom. The summed E-state index contributed by atoms with van der Waals surface area (Å²) in [6.07, 6.45) is -5.20. The van der Waals surface area contributed by atoms with E-state index in [2.05, 4.69) is 10.2 Å². The van der Waals surface area contributed by atoms with Gasteiger partial charge in [0.2, 0.25) is 0 Å². The first-order valence-electron chi connectivity index (χ1n) is 11.1. The number of alkyl halides is 3. The van der Waals surface area contributed by atoms with Gasteiger partial charge in [0.05, 0.1) is 18.8 Å². The lowest BCUT2D eigenvalue weighted by Gasteiger charge is -2.38. The molecule has 0 radical (unpaired) electrons. The van der Waals surface area contributed by atoms with Gasteiger partial charge in [0, 0.05) is 49.4 Å². The number of nitrogens with one attached hydrogen (secondary N) is 1. The first-order valence-corrected chi connectivity index (χ1v) is 11.1. The van der Waals surface area contributed by atoms with Crippen molar-refractivity contribution in [3.8, 4) is 0 Å². The Morgan fingerprint density at radius 2 is 1.62 bits per heavy atom. The highest BCUT2D eigenvalue weighted by Crippen LogP contribution is 2.33. The predicted molar refractivity (Wildman–Crippen MR) is 119 cm³/mol. The number of piperidine rings is 1. The number of ether oxygens (including phenoxy) is 1. The molecule has 0 spiro atoms. The van der Waals surface area contributed by atoms with Gasteiger partial charge in [-0.15, -0.1) is 0 Å². The zero-order chi connectivity index (χ0) is 24.3. The minimum Gasteiger partial charge on any atom is -0.465 e. The molecule has 182 valence electrons. The van der Waals surface area contributed by atoms with Crippen molar-refractivity contribution in [3.05, 3.63) is 65.2 Å². The van der Waals surface area contributed by atoms with Crippen molar-refractivity contribution >= 4 is 17.7 Å². The Balaban J connectivity index is 1.49. The van der Waals surface area contributed by atoms with Crippen LogP contribution in [0.15, 0.2) is 48.5 Å². The average molecular weight is 477 g/mol. The van der Waals surface area contributed by atoms with Crippen LogP contribution in [0.4, 0.5) is 23.7 Å². The summed E-state index contributed by atoms with van der Waals surface area (Å²) >= 11 is 0. The molecule has 2 aromatic rings. The van der Waals surface area contributed by atoms with Crippen molar-refractivity contribution in [1.82, 2.24) is 10.2 Å². The van der Waals surface area contributed by atoms with Crippen LogP contribution in [0.2, 0.25) is 0 Å². The monoisotopic (exact) mass is 477 g/mol. The minimum absolute atomic E-state index is 0.0849. The fourth-order valence-corrected chi connectivity index (χ4v) is 4.45. The number of hydrogen-bond donors (Lipinski definition) is 2. The van der Waals surface area contributed by atoms with E-state index in [9.17, 15) is 27.9 Å². The number of carboxylic acid groups (broad SMARTS) is 1. The summed E-state index contributed by atoms with van der Waals surface area (Å²) in [7, 11) is 0. The number of morpholine rings is 1. The van der Waals surface area contributed by atoms with Crippen LogP contribution in [-0.4, -0.2) is 67.4 Å². The molecule has 0 aliphatic carbocycles. The highest BCUT2D eigenvalue weighted by molar-refractivity contribution is 5.94. The summed E-state index contributed by atoms with van der Waals surface area (Å²) in [6, 6.07) is 11.5. The van der Waals surface area contributed by atoms with E-state index < -0.39 is 29.8 Å². The molecule has 2 fully saturated rings. The van der Waals surface area contributed by atoms with E-state index in [1.54, 1.807) is 12.1 Å². The van der Waals surface area contributed by atoms with Gasteiger partial charge in [-0.1, -0.05) is 12.1 Å². The second-order valence-electron chi connectivity index (χ2n) is 8.47. The summed E-state index contributed by atoms with van der Waals surface area (Å²) in [5.41, 5.74) is 1.23. The van der Waals surface area contributed by atoms with E-state index in [1.807, 2.05) is 12.1 Å². The van der Waals surface area contributed by atoms with Gasteiger partial charge in [0.25, 0.3) is 5.91 Å². The van der Waals surface area contributed by atoms with Gasteiger partial charge in [-0.25, -0.2) is 4.79 Å². The quantitative estimate of drug-likeness (QED) is 0.700. The Labute approximate surface area is 195 Å². The second kappa shape index (κ2) is 9.92. The third-order valence-corrected chi connectivity index (χ3v) is 6.37. The zero-order valence-corrected chi connectivity index (χ0v) is 18.4. The van der Waals surface area contributed by atoms with E-state index in [0.29, 0.717) is 30.8 Å². The molecular weight excluding hydrogens is 451 g/mol. The molecule has 0 unspecified atom stereocenters. The lowest BCUT2D eigenvalue weighted by molar-refractivity contribution is -0.137. The number of rotatable bonds is 4. The third kappa shape index (κ3) is 5.44. The number of likely N-dealkylation sites (tertiary alicyclic amines) is 1. The molecule has 2 aliphatic rings. The molecule has 2 aromatic carbocycles. The van der Waals surface area contributed by atoms with Gasteiger partial charge >= 0.3 is 12.3 Å². The second-order valence-corrected chi connectivity index (χ2v) is 8.47.